The van der Waals surface area contributed by atoms with Gasteiger partial charge < -0.3 is 0 Å². The molecule has 0 unspecified atom stereocenters. The summed E-state index contributed by atoms with van der Waals surface area (Å²) in [4.78, 5) is 24.4. The molecule has 2 heterocycles. The van der Waals surface area contributed by atoms with Crippen LogP contribution in [0.1, 0.15) is 38.7 Å². The number of benzene rings is 1. The Hall–Kier alpha value is -1.75. The average molecular weight is 290 g/mol. The van der Waals surface area contributed by atoms with Gasteiger partial charge in [0.05, 0.1) is 19.0 Å². The Bertz CT molecular complexity index is 600. The molecule has 4 nitrogen and oxygen atoms in total. The molecule has 0 aromatic heterocycles. The van der Waals surface area contributed by atoms with Gasteiger partial charge in [0.1, 0.15) is 5.82 Å². The monoisotopic (exact) mass is 290 g/mol. The lowest BCUT2D eigenvalue weighted by Crippen LogP contribution is -2.61. The number of hydrogen-bond acceptors (Lipinski definition) is 3. The summed E-state index contributed by atoms with van der Waals surface area (Å²) < 4.78 is 13.3. The van der Waals surface area contributed by atoms with Crippen molar-refractivity contribution in [2.45, 2.75) is 51.2 Å². The molecule has 2 fully saturated rings. The normalized spacial score (nSPS) is 25.3. The molecule has 2 aliphatic rings. The molecule has 3 rings (SSSR count). The van der Waals surface area contributed by atoms with Crippen molar-refractivity contribution in [3.8, 4) is 0 Å². The van der Waals surface area contributed by atoms with Crippen molar-refractivity contribution in [1.82, 2.24) is 10.0 Å². The summed E-state index contributed by atoms with van der Waals surface area (Å²) in [6, 6.07) is 6.03. The van der Waals surface area contributed by atoms with Crippen LogP contribution in [0.2, 0.25) is 0 Å². The van der Waals surface area contributed by atoms with Crippen molar-refractivity contribution < 1.29 is 14.0 Å². The second-order valence-electron chi connectivity index (χ2n) is 6.44. The van der Waals surface area contributed by atoms with Crippen LogP contribution in [0.3, 0.4) is 0 Å². The van der Waals surface area contributed by atoms with E-state index in [4.69, 9.17) is 0 Å². The van der Waals surface area contributed by atoms with E-state index in [9.17, 15) is 14.0 Å². The zero-order valence-corrected chi connectivity index (χ0v) is 12.3. The number of carbonyl (C=O) groups is 2. The Morgan fingerprint density at radius 2 is 2.10 bits per heavy atom. The van der Waals surface area contributed by atoms with Crippen LogP contribution in [-0.4, -0.2) is 33.3 Å². The first-order valence-electron chi connectivity index (χ1n) is 7.25. The van der Waals surface area contributed by atoms with Crippen molar-refractivity contribution in [3.05, 3.63) is 35.6 Å². The van der Waals surface area contributed by atoms with Crippen LogP contribution in [0.5, 0.6) is 0 Å². The Balaban J connectivity index is 1.91. The average Bonchev–Trinajstić information content (AvgIpc) is 2.71. The second-order valence-corrected chi connectivity index (χ2v) is 6.44. The van der Waals surface area contributed by atoms with Crippen LogP contribution in [0.25, 0.3) is 0 Å². The Kier molecular flexibility index (Phi) is 3.32. The van der Waals surface area contributed by atoms with E-state index in [2.05, 4.69) is 0 Å². The standard InChI is InChI=1S/C16H19FN2O2/c1-16(2)7-6-13-14(20)9-15(21)18(19(13)16)10-11-4-3-5-12(17)8-11/h3-5,8,13H,6-7,9-10H2,1-2H3/t13-/m0/s1. The minimum Gasteiger partial charge on any atom is -0.297 e. The molecule has 0 saturated carbocycles. The van der Waals surface area contributed by atoms with Gasteiger partial charge >= 0.3 is 0 Å². The molecule has 0 aliphatic carbocycles. The molecule has 5 heteroatoms. The molecule has 0 spiro atoms. The lowest BCUT2D eigenvalue weighted by atomic mass is 10.0. The van der Waals surface area contributed by atoms with Crippen LogP contribution in [0.15, 0.2) is 24.3 Å². The number of hydrogen-bond donors (Lipinski definition) is 0. The first-order chi connectivity index (χ1) is 9.88. The van der Waals surface area contributed by atoms with E-state index in [1.54, 1.807) is 17.1 Å². The molecule has 1 aromatic rings. The summed E-state index contributed by atoms with van der Waals surface area (Å²) in [6.45, 7) is 4.39. The highest BCUT2D eigenvalue weighted by atomic mass is 19.1. The molecule has 0 N–H and O–H groups in total. The molecule has 2 aliphatic heterocycles. The number of Topliss-reactive ketones (excluding diaryl/α,β-unsaturated/α-hetero) is 1. The lowest BCUT2D eigenvalue weighted by molar-refractivity contribution is -0.177. The van der Waals surface area contributed by atoms with E-state index in [0.717, 1.165) is 18.4 Å². The van der Waals surface area contributed by atoms with Crippen molar-refractivity contribution in [2.75, 3.05) is 0 Å². The molecule has 0 bridgehead atoms. The minimum atomic E-state index is -0.315. The molecular weight excluding hydrogens is 271 g/mol. The highest BCUT2D eigenvalue weighted by Gasteiger charge is 2.50. The smallest absolute Gasteiger partial charge is 0.244 e. The largest absolute Gasteiger partial charge is 0.297 e. The first kappa shape index (κ1) is 14.2. The van der Waals surface area contributed by atoms with Gasteiger partial charge in [-0.25, -0.2) is 9.40 Å². The maximum atomic E-state index is 13.3. The predicted molar refractivity (Wildman–Crippen MR) is 75.5 cm³/mol. The molecule has 1 amide bonds. The molecule has 1 atom stereocenters. The van der Waals surface area contributed by atoms with E-state index in [-0.39, 0.29) is 35.5 Å². The van der Waals surface area contributed by atoms with E-state index in [1.807, 2.05) is 18.9 Å². The van der Waals surface area contributed by atoms with E-state index in [0.29, 0.717) is 6.54 Å². The van der Waals surface area contributed by atoms with Crippen LogP contribution >= 0.6 is 0 Å². The third-order valence-corrected chi connectivity index (χ3v) is 4.41. The summed E-state index contributed by atoms with van der Waals surface area (Å²) in [5.41, 5.74) is 0.503. The lowest BCUT2D eigenvalue weighted by Gasteiger charge is -2.46. The number of carbonyl (C=O) groups excluding carboxylic acids is 2. The molecule has 112 valence electrons. The van der Waals surface area contributed by atoms with Gasteiger partial charge in [0.2, 0.25) is 5.91 Å². The zero-order valence-electron chi connectivity index (χ0n) is 12.3. The Morgan fingerprint density at radius 1 is 1.33 bits per heavy atom. The number of fused-ring (bicyclic) bond motifs is 1. The summed E-state index contributed by atoms with van der Waals surface area (Å²) in [5.74, 6) is -0.512. The van der Waals surface area contributed by atoms with Gasteiger partial charge in [0.25, 0.3) is 0 Å². The van der Waals surface area contributed by atoms with E-state index >= 15 is 0 Å². The van der Waals surface area contributed by atoms with E-state index in [1.165, 1.54) is 12.1 Å². The molecule has 2 saturated heterocycles. The molecule has 0 radical (unpaired) electrons. The topological polar surface area (TPSA) is 40.6 Å². The van der Waals surface area contributed by atoms with Crippen molar-refractivity contribution in [2.24, 2.45) is 0 Å². The third kappa shape index (κ3) is 2.46. The fraction of sp³-hybridized carbons (Fsp3) is 0.500. The van der Waals surface area contributed by atoms with Crippen molar-refractivity contribution in [1.29, 1.82) is 0 Å². The molecule has 1 aromatic carbocycles. The number of amides is 1. The van der Waals surface area contributed by atoms with Gasteiger partial charge in [-0.1, -0.05) is 12.1 Å². The van der Waals surface area contributed by atoms with Gasteiger partial charge in [0, 0.05) is 5.54 Å². The van der Waals surface area contributed by atoms with Gasteiger partial charge in [-0.2, -0.15) is 0 Å². The SMILES string of the molecule is CC1(C)CC[C@H]2C(=O)CC(=O)N(Cc3cccc(F)c3)N21. The second kappa shape index (κ2) is 4.91. The number of rotatable bonds is 2. The zero-order chi connectivity index (χ0) is 15.2. The minimum absolute atomic E-state index is 0.000988. The summed E-state index contributed by atoms with van der Waals surface area (Å²) in [6.07, 6.45) is 1.60. The highest BCUT2D eigenvalue weighted by molar-refractivity contribution is 6.02. The van der Waals surface area contributed by atoms with Gasteiger partial charge in [-0.15, -0.1) is 0 Å². The van der Waals surface area contributed by atoms with Crippen molar-refractivity contribution in [3.63, 3.8) is 0 Å². The quantitative estimate of drug-likeness (QED) is 0.785. The third-order valence-electron chi connectivity index (χ3n) is 4.41. The summed E-state index contributed by atoms with van der Waals surface area (Å²) in [5, 5.41) is 3.54. The molecular formula is C16H19FN2O2. The number of ketones is 1. The maximum Gasteiger partial charge on any atom is 0.244 e. The van der Waals surface area contributed by atoms with E-state index < -0.39 is 0 Å². The number of nitrogens with zero attached hydrogens (tertiary/aromatic N) is 2. The van der Waals surface area contributed by atoms with Crippen LogP contribution in [0, 0.1) is 5.82 Å². The van der Waals surface area contributed by atoms with Gasteiger partial charge in [-0.05, 0) is 44.4 Å². The Labute approximate surface area is 123 Å². The Morgan fingerprint density at radius 3 is 2.81 bits per heavy atom. The van der Waals surface area contributed by atoms with Crippen molar-refractivity contribution >= 4 is 11.7 Å². The summed E-state index contributed by atoms with van der Waals surface area (Å²) >= 11 is 0. The fourth-order valence-corrected chi connectivity index (χ4v) is 3.39. The molecule has 21 heavy (non-hydrogen) atoms. The predicted octanol–water partition coefficient (Wildman–Crippen LogP) is 2.29. The fourth-order valence-electron chi connectivity index (χ4n) is 3.39. The van der Waals surface area contributed by atoms with Gasteiger partial charge in [0.15, 0.2) is 5.78 Å². The maximum absolute atomic E-state index is 13.3. The van der Waals surface area contributed by atoms with Crippen LogP contribution in [0.4, 0.5) is 4.39 Å². The van der Waals surface area contributed by atoms with Gasteiger partial charge in [-0.3, -0.25) is 14.6 Å². The van der Waals surface area contributed by atoms with Crippen LogP contribution in [-0.2, 0) is 16.1 Å². The highest BCUT2D eigenvalue weighted by Crippen LogP contribution is 2.39. The summed E-state index contributed by atoms with van der Waals surface area (Å²) in [7, 11) is 0. The van der Waals surface area contributed by atoms with Crippen LogP contribution < -0.4 is 0 Å². The number of halogens is 1. The first-order valence-corrected chi connectivity index (χ1v) is 7.25. The number of hydrazine groups is 1.